The van der Waals surface area contributed by atoms with E-state index < -0.39 is 0 Å². The monoisotopic (exact) mass is 238 g/mol. The van der Waals surface area contributed by atoms with Crippen molar-refractivity contribution < 1.29 is 0 Å². The molecule has 2 aromatic heterocycles. The molecule has 0 atom stereocenters. The van der Waals surface area contributed by atoms with Gasteiger partial charge in [0.15, 0.2) is 0 Å². The highest BCUT2D eigenvalue weighted by Crippen LogP contribution is 2.27. The van der Waals surface area contributed by atoms with Gasteiger partial charge in [0.2, 0.25) is 0 Å². The van der Waals surface area contributed by atoms with E-state index in [0.717, 1.165) is 22.8 Å². The molecule has 0 spiro atoms. The van der Waals surface area contributed by atoms with Crippen LogP contribution in [0.25, 0.3) is 0 Å². The lowest BCUT2D eigenvalue weighted by Crippen LogP contribution is -2.13. The number of pyridine rings is 2. The Labute approximate surface area is 107 Å². The molecule has 0 amide bonds. The molecule has 0 aliphatic heterocycles. The van der Waals surface area contributed by atoms with Gasteiger partial charge in [-0.05, 0) is 32.0 Å². The second kappa shape index (κ2) is 4.84. The van der Waals surface area contributed by atoms with Gasteiger partial charge in [-0.3, -0.25) is 9.97 Å². The number of hydrogen-bond acceptors (Lipinski definition) is 4. The minimum Gasteiger partial charge on any atom is -0.342 e. The van der Waals surface area contributed by atoms with E-state index in [1.54, 1.807) is 12.4 Å². The van der Waals surface area contributed by atoms with Crippen molar-refractivity contribution in [2.75, 3.05) is 11.9 Å². The van der Waals surface area contributed by atoms with Crippen molar-refractivity contribution in [3.63, 3.8) is 0 Å². The largest absolute Gasteiger partial charge is 0.342 e. The molecule has 4 heteroatoms. The molecule has 2 heterocycles. The van der Waals surface area contributed by atoms with Gasteiger partial charge >= 0.3 is 0 Å². The summed E-state index contributed by atoms with van der Waals surface area (Å²) in [5.74, 6) is 0. The lowest BCUT2D eigenvalue weighted by Gasteiger charge is -2.21. The van der Waals surface area contributed by atoms with Gasteiger partial charge in [-0.15, -0.1) is 0 Å². The zero-order chi connectivity index (χ0) is 13.1. The van der Waals surface area contributed by atoms with Crippen molar-refractivity contribution in [2.45, 2.75) is 13.8 Å². The fourth-order valence-corrected chi connectivity index (χ4v) is 1.90. The molecule has 0 fully saturated rings. The number of rotatable bonds is 2. The normalized spacial score (nSPS) is 9.89. The summed E-state index contributed by atoms with van der Waals surface area (Å²) < 4.78 is 0. The fourth-order valence-electron chi connectivity index (χ4n) is 1.90. The van der Waals surface area contributed by atoms with Crippen LogP contribution in [0.2, 0.25) is 0 Å². The third kappa shape index (κ3) is 2.16. The van der Waals surface area contributed by atoms with Crippen LogP contribution >= 0.6 is 0 Å². The van der Waals surface area contributed by atoms with Crippen molar-refractivity contribution in [1.29, 1.82) is 5.26 Å². The zero-order valence-corrected chi connectivity index (χ0v) is 10.7. The molecule has 2 aromatic rings. The van der Waals surface area contributed by atoms with Crippen LogP contribution in [0.4, 0.5) is 11.4 Å². The van der Waals surface area contributed by atoms with Crippen LogP contribution < -0.4 is 4.90 Å². The Morgan fingerprint density at radius 1 is 1.33 bits per heavy atom. The summed E-state index contributed by atoms with van der Waals surface area (Å²) >= 11 is 0. The minimum atomic E-state index is 0.604. The fraction of sp³-hybridized carbons (Fsp3) is 0.214. The van der Waals surface area contributed by atoms with Crippen molar-refractivity contribution in [2.24, 2.45) is 0 Å². The number of aromatic nitrogens is 2. The van der Waals surface area contributed by atoms with Crippen molar-refractivity contribution in [3.8, 4) is 6.07 Å². The van der Waals surface area contributed by atoms with Crippen LogP contribution in [0.3, 0.4) is 0 Å². The minimum absolute atomic E-state index is 0.604. The van der Waals surface area contributed by atoms with Crippen LogP contribution in [-0.2, 0) is 0 Å². The van der Waals surface area contributed by atoms with Gasteiger partial charge in [0.1, 0.15) is 6.07 Å². The van der Waals surface area contributed by atoms with E-state index in [-0.39, 0.29) is 0 Å². The molecule has 18 heavy (non-hydrogen) atoms. The van der Waals surface area contributed by atoms with E-state index in [0.29, 0.717) is 5.56 Å². The second-order valence-corrected chi connectivity index (χ2v) is 4.13. The maximum Gasteiger partial charge on any atom is 0.103 e. The van der Waals surface area contributed by atoms with E-state index in [9.17, 15) is 5.26 Å². The maximum absolute atomic E-state index is 9.25. The zero-order valence-electron chi connectivity index (χ0n) is 10.7. The maximum atomic E-state index is 9.25. The molecule has 0 radical (unpaired) electrons. The van der Waals surface area contributed by atoms with Crippen LogP contribution in [0.15, 0.2) is 30.6 Å². The summed E-state index contributed by atoms with van der Waals surface area (Å²) in [5, 5.41) is 9.25. The molecule has 0 N–H and O–H groups in total. The van der Waals surface area contributed by atoms with Crippen molar-refractivity contribution in [1.82, 2.24) is 9.97 Å². The first-order valence-corrected chi connectivity index (χ1v) is 5.65. The standard InChI is InChI=1S/C14H14N4/c1-10-7-14(13(8-15)11(2)17-10)18(3)12-5-4-6-16-9-12/h4-7,9H,1-3H3. The highest BCUT2D eigenvalue weighted by atomic mass is 15.1. The first kappa shape index (κ1) is 12.1. The smallest absolute Gasteiger partial charge is 0.103 e. The first-order chi connectivity index (χ1) is 8.63. The molecule has 0 aliphatic rings. The van der Waals surface area contributed by atoms with Gasteiger partial charge in [-0.25, -0.2) is 0 Å². The van der Waals surface area contributed by atoms with Crippen LogP contribution in [-0.4, -0.2) is 17.0 Å². The molecule has 2 rings (SSSR count). The number of hydrogen-bond donors (Lipinski definition) is 0. The SMILES string of the molecule is Cc1cc(N(C)c2cccnc2)c(C#N)c(C)n1. The van der Waals surface area contributed by atoms with Gasteiger partial charge in [-0.2, -0.15) is 5.26 Å². The topological polar surface area (TPSA) is 52.8 Å². The Hall–Kier alpha value is -2.41. The van der Waals surface area contributed by atoms with Gasteiger partial charge in [0.05, 0.1) is 28.8 Å². The van der Waals surface area contributed by atoms with E-state index in [1.165, 1.54) is 0 Å². The number of anilines is 2. The molecule has 0 bridgehead atoms. The Bertz CT molecular complexity index is 599. The number of aryl methyl sites for hydroxylation is 2. The molecule has 0 aromatic carbocycles. The van der Waals surface area contributed by atoms with Gasteiger partial charge in [0, 0.05) is 18.9 Å². The average Bonchev–Trinajstić information content (AvgIpc) is 2.38. The third-order valence-corrected chi connectivity index (χ3v) is 2.81. The Kier molecular flexibility index (Phi) is 3.24. The second-order valence-electron chi connectivity index (χ2n) is 4.13. The summed E-state index contributed by atoms with van der Waals surface area (Å²) in [5.41, 5.74) is 4.06. The summed E-state index contributed by atoms with van der Waals surface area (Å²) in [7, 11) is 1.92. The average molecular weight is 238 g/mol. The first-order valence-electron chi connectivity index (χ1n) is 5.65. The molecule has 90 valence electrons. The Morgan fingerprint density at radius 2 is 2.11 bits per heavy atom. The lowest BCUT2D eigenvalue weighted by atomic mass is 10.1. The molecule has 4 nitrogen and oxygen atoms in total. The highest BCUT2D eigenvalue weighted by molar-refractivity contribution is 5.69. The predicted molar refractivity (Wildman–Crippen MR) is 70.7 cm³/mol. The predicted octanol–water partition coefficient (Wildman–Crippen LogP) is 2.73. The molecule has 0 saturated heterocycles. The number of nitrogens with zero attached hydrogens (tertiary/aromatic N) is 4. The van der Waals surface area contributed by atoms with Crippen LogP contribution in [0, 0.1) is 25.2 Å². The number of nitriles is 1. The molecule has 0 saturated carbocycles. The van der Waals surface area contributed by atoms with E-state index in [2.05, 4.69) is 16.0 Å². The summed E-state index contributed by atoms with van der Waals surface area (Å²) in [6.07, 6.45) is 3.50. The van der Waals surface area contributed by atoms with E-state index in [4.69, 9.17) is 0 Å². The molecule has 0 unspecified atom stereocenters. The third-order valence-electron chi connectivity index (χ3n) is 2.81. The molecular formula is C14H14N4. The Morgan fingerprint density at radius 3 is 2.72 bits per heavy atom. The molecule has 0 aliphatic carbocycles. The van der Waals surface area contributed by atoms with E-state index in [1.807, 2.05) is 44.0 Å². The van der Waals surface area contributed by atoms with Gasteiger partial charge < -0.3 is 4.90 Å². The summed E-state index contributed by atoms with van der Waals surface area (Å²) in [6, 6.07) is 7.96. The van der Waals surface area contributed by atoms with Crippen LogP contribution in [0.1, 0.15) is 17.0 Å². The summed E-state index contributed by atoms with van der Waals surface area (Å²) in [4.78, 5) is 10.4. The van der Waals surface area contributed by atoms with Gasteiger partial charge in [-0.1, -0.05) is 0 Å². The summed E-state index contributed by atoms with van der Waals surface area (Å²) in [6.45, 7) is 3.78. The van der Waals surface area contributed by atoms with Crippen molar-refractivity contribution >= 4 is 11.4 Å². The van der Waals surface area contributed by atoms with E-state index >= 15 is 0 Å². The van der Waals surface area contributed by atoms with Crippen LogP contribution in [0.5, 0.6) is 0 Å². The molecular weight excluding hydrogens is 224 g/mol. The lowest BCUT2D eigenvalue weighted by molar-refractivity contribution is 1.08. The van der Waals surface area contributed by atoms with Gasteiger partial charge in [0.25, 0.3) is 0 Å². The quantitative estimate of drug-likeness (QED) is 0.807. The van der Waals surface area contributed by atoms with Crippen molar-refractivity contribution in [3.05, 3.63) is 47.5 Å². The highest BCUT2D eigenvalue weighted by Gasteiger charge is 2.13. The Balaban J connectivity index is 2.55.